The zero-order valence-corrected chi connectivity index (χ0v) is 35.6. The van der Waals surface area contributed by atoms with Crippen molar-refractivity contribution in [1.82, 2.24) is 0 Å². The van der Waals surface area contributed by atoms with Crippen molar-refractivity contribution in [2.45, 2.75) is 78.6 Å². The zero-order valence-electron chi connectivity index (χ0n) is 35.6. The molecule has 0 aliphatic carbocycles. The molecule has 8 aromatic carbocycles. The minimum atomic E-state index is 0.0619. The second-order valence-corrected chi connectivity index (χ2v) is 18.9. The van der Waals surface area contributed by atoms with E-state index in [1.807, 2.05) is 0 Å². The van der Waals surface area contributed by atoms with Gasteiger partial charge in [0.25, 0.3) is 0 Å². The number of nitrogens with zero attached hydrogens (tertiary/aromatic N) is 1. The molecule has 8 aromatic rings. The van der Waals surface area contributed by atoms with Crippen LogP contribution in [0.15, 0.2) is 170 Å². The van der Waals surface area contributed by atoms with Gasteiger partial charge in [-0.1, -0.05) is 172 Å². The third-order valence-corrected chi connectivity index (χ3v) is 11.5. The lowest BCUT2D eigenvalue weighted by atomic mass is 9.85. The van der Waals surface area contributed by atoms with Gasteiger partial charge in [-0.3, -0.25) is 0 Å². The molecule has 2 heteroatoms. The van der Waals surface area contributed by atoms with Gasteiger partial charge in [-0.25, -0.2) is 0 Å². The molecule has 8 rings (SSSR count). The van der Waals surface area contributed by atoms with Crippen molar-refractivity contribution < 1.29 is 0 Å². The predicted molar refractivity (Wildman–Crippen MR) is 253 cm³/mol. The highest BCUT2D eigenvalue weighted by molar-refractivity contribution is 6.22. The molecule has 0 heterocycles. The fourth-order valence-electron chi connectivity index (χ4n) is 8.15. The normalized spacial score (nSPS) is 12.2. The van der Waals surface area contributed by atoms with Gasteiger partial charge in [0.05, 0.1) is 0 Å². The maximum Gasteiger partial charge on any atom is 0.0468 e. The number of hydrogen-bond donors (Lipinski definition) is 1. The van der Waals surface area contributed by atoms with Crippen molar-refractivity contribution in [3.05, 3.63) is 187 Å². The first-order chi connectivity index (χ1) is 27.6. The minimum absolute atomic E-state index is 0.0619. The van der Waals surface area contributed by atoms with E-state index in [2.05, 4.69) is 242 Å². The second-order valence-electron chi connectivity index (χ2n) is 18.9. The van der Waals surface area contributed by atoms with E-state index in [1.54, 1.807) is 0 Å². The first kappa shape index (κ1) is 38.7. The van der Waals surface area contributed by atoms with Gasteiger partial charge in [-0.2, -0.15) is 0 Å². The molecule has 0 fully saturated rings. The van der Waals surface area contributed by atoms with Crippen LogP contribution in [-0.4, -0.2) is 0 Å². The average Bonchev–Trinajstić information content (AvgIpc) is 3.20. The van der Waals surface area contributed by atoms with Crippen LogP contribution >= 0.6 is 0 Å². The second kappa shape index (κ2) is 15.0. The van der Waals surface area contributed by atoms with Crippen molar-refractivity contribution in [2.75, 3.05) is 10.2 Å². The summed E-state index contributed by atoms with van der Waals surface area (Å²) in [6, 6.07) is 62.9. The van der Waals surface area contributed by atoms with Crippen molar-refractivity contribution in [2.24, 2.45) is 0 Å². The maximum absolute atomic E-state index is 3.74. The summed E-state index contributed by atoms with van der Waals surface area (Å²) in [5.74, 6) is 0. The molecule has 0 amide bonds. The van der Waals surface area contributed by atoms with E-state index in [1.165, 1.54) is 60.5 Å². The van der Waals surface area contributed by atoms with E-state index >= 15 is 0 Å². The summed E-state index contributed by atoms with van der Waals surface area (Å²) in [5.41, 5.74) is 14.6. The van der Waals surface area contributed by atoms with Gasteiger partial charge in [-0.05, 0) is 137 Å². The average molecular weight is 757 g/mol. The number of benzene rings is 8. The Hall–Kier alpha value is -6.12. The largest absolute Gasteiger partial charge is 0.356 e. The van der Waals surface area contributed by atoms with Gasteiger partial charge in [-0.15, -0.1) is 0 Å². The molecular weight excluding hydrogens is 701 g/mol. The first-order valence-electron chi connectivity index (χ1n) is 20.7. The summed E-state index contributed by atoms with van der Waals surface area (Å²) >= 11 is 0. The highest BCUT2D eigenvalue weighted by atomic mass is 15.1. The highest BCUT2D eigenvalue weighted by Gasteiger charge is 2.22. The topological polar surface area (TPSA) is 15.3 Å². The summed E-state index contributed by atoms with van der Waals surface area (Å²) < 4.78 is 0. The summed E-state index contributed by atoms with van der Waals surface area (Å²) in [6.07, 6.45) is 0. The Labute approximate surface area is 346 Å². The van der Waals surface area contributed by atoms with Crippen LogP contribution in [0.25, 0.3) is 43.8 Å². The third-order valence-electron chi connectivity index (χ3n) is 11.5. The lowest BCUT2D eigenvalue weighted by molar-refractivity contribution is 0.590. The molecule has 0 bridgehead atoms. The van der Waals surface area contributed by atoms with Crippen molar-refractivity contribution in [1.29, 1.82) is 0 Å². The van der Waals surface area contributed by atoms with E-state index in [4.69, 9.17) is 0 Å². The molecule has 1 N–H and O–H groups in total. The molecule has 2 nitrogen and oxygen atoms in total. The molecular formula is C56H56N2. The van der Waals surface area contributed by atoms with Crippen molar-refractivity contribution in [3.63, 3.8) is 0 Å². The summed E-state index contributed by atoms with van der Waals surface area (Å²) in [4.78, 5) is 2.41. The number of fused-ring (bicyclic) bond motifs is 2. The lowest BCUT2D eigenvalue weighted by Gasteiger charge is -2.29. The summed E-state index contributed by atoms with van der Waals surface area (Å²) in [7, 11) is 0. The molecule has 0 unspecified atom stereocenters. The van der Waals surface area contributed by atoms with Crippen molar-refractivity contribution in [3.8, 4) is 22.3 Å². The van der Waals surface area contributed by atoms with Crippen LogP contribution in [0.2, 0.25) is 0 Å². The molecule has 0 saturated heterocycles. The van der Waals surface area contributed by atoms with Crippen LogP contribution in [0.1, 0.15) is 79.0 Å². The Morgan fingerprint density at radius 2 is 0.690 bits per heavy atom. The molecule has 0 aliphatic rings. The Kier molecular flexibility index (Phi) is 10.0. The van der Waals surface area contributed by atoms with Crippen LogP contribution in [0.3, 0.4) is 0 Å². The molecule has 0 atom stereocenters. The van der Waals surface area contributed by atoms with Gasteiger partial charge >= 0.3 is 0 Å². The van der Waals surface area contributed by atoms with Crippen LogP contribution < -0.4 is 10.2 Å². The standard InChI is InChI=1S/C56H56N2/c1-54(2,3)40-20-26-43(27-21-40)57-44-28-34-48-50(36-44)52(38-16-12-10-13-17-38)49-35-33-47(37-51(49)53(48)39-18-14-11-15-19-39)58(45-29-22-41(23-30-45)55(4,5)6)46-31-24-42(25-32-46)56(7,8)9/h10-37,57H,1-9H3. The SMILES string of the molecule is CC(C)(C)c1ccc(Nc2ccc3c(-c4ccccc4)c4cc(N(c5ccc(C(C)(C)C)cc5)c5ccc(C(C)(C)C)cc5)ccc4c(-c4ccccc4)c3c2)cc1. The Morgan fingerprint density at radius 1 is 0.328 bits per heavy atom. The number of hydrogen-bond acceptors (Lipinski definition) is 2. The number of nitrogens with one attached hydrogen (secondary N) is 1. The Bertz CT molecular complexity index is 2630. The molecule has 0 aromatic heterocycles. The van der Waals surface area contributed by atoms with Crippen LogP contribution in [-0.2, 0) is 16.2 Å². The molecule has 290 valence electrons. The molecule has 0 saturated carbocycles. The monoisotopic (exact) mass is 756 g/mol. The molecule has 58 heavy (non-hydrogen) atoms. The van der Waals surface area contributed by atoms with Crippen LogP contribution in [0, 0.1) is 0 Å². The third kappa shape index (κ3) is 7.77. The van der Waals surface area contributed by atoms with E-state index < -0.39 is 0 Å². The van der Waals surface area contributed by atoms with Crippen LogP contribution in [0.5, 0.6) is 0 Å². The van der Waals surface area contributed by atoms with Gasteiger partial charge in [0, 0.05) is 28.4 Å². The predicted octanol–water partition coefficient (Wildman–Crippen LogP) is 16.4. The fraction of sp³-hybridized carbons (Fsp3) is 0.214. The highest BCUT2D eigenvalue weighted by Crippen LogP contribution is 2.47. The van der Waals surface area contributed by atoms with Crippen molar-refractivity contribution >= 4 is 50.0 Å². The van der Waals surface area contributed by atoms with Gasteiger partial charge in [0.1, 0.15) is 0 Å². The minimum Gasteiger partial charge on any atom is -0.356 e. The lowest BCUT2D eigenvalue weighted by Crippen LogP contribution is -2.14. The van der Waals surface area contributed by atoms with Gasteiger partial charge in [0.15, 0.2) is 0 Å². The summed E-state index contributed by atoms with van der Waals surface area (Å²) in [5, 5.41) is 8.62. The molecule has 0 aliphatic heterocycles. The number of rotatable bonds is 7. The molecule has 0 radical (unpaired) electrons. The number of anilines is 5. The van der Waals surface area contributed by atoms with Gasteiger partial charge in [0.2, 0.25) is 0 Å². The molecule has 0 spiro atoms. The first-order valence-corrected chi connectivity index (χ1v) is 20.7. The van der Waals surface area contributed by atoms with E-state index in [9.17, 15) is 0 Å². The quantitative estimate of drug-likeness (QED) is 0.163. The van der Waals surface area contributed by atoms with E-state index in [0.29, 0.717) is 0 Å². The van der Waals surface area contributed by atoms with Gasteiger partial charge < -0.3 is 10.2 Å². The van der Waals surface area contributed by atoms with E-state index in [0.717, 1.165) is 28.4 Å². The Morgan fingerprint density at radius 3 is 1.12 bits per heavy atom. The smallest absolute Gasteiger partial charge is 0.0468 e. The fourth-order valence-corrected chi connectivity index (χ4v) is 8.15. The zero-order chi connectivity index (χ0) is 40.8. The van der Waals surface area contributed by atoms with E-state index in [-0.39, 0.29) is 16.2 Å². The maximum atomic E-state index is 3.74. The summed E-state index contributed by atoms with van der Waals surface area (Å²) in [6.45, 7) is 20.4. The Balaban J connectivity index is 1.37. The van der Waals surface area contributed by atoms with Crippen LogP contribution in [0.4, 0.5) is 28.4 Å².